The Labute approximate surface area is 163 Å². The number of morpholine rings is 1. The number of nitrogens with one attached hydrogen (secondary N) is 2. The quantitative estimate of drug-likeness (QED) is 0.349. The summed E-state index contributed by atoms with van der Waals surface area (Å²) < 4.78 is 7.46. The smallest absolute Gasteiger partial charge is 0.191 e. The van der Waals surface area contributed by atoms with Crippen molar-refractivity contribution < 1.29 is 9.84 Å². The molecular formula is C19H36N6O2. The van der Waals surface area contributed by atoms with Gasteiger partial charge in [0.1, 0.15) is 5.60 Å². The molecule has 3 N–H and O–H groups in total. The third-order valence-electron chi connectivity index (χ3n) is 4.65. The molecule has 0 radical (unpaired) electrons. The highest BCUT2D eigenvalue weighted by molar-refractivity contribution is 5.79. The molecule has 2 heterocycles. The predicted octanol–water partition coefficient (Wildman–Crippen LogP) is 0.682. The van der Waals surface area contributed by atoms with Gasteiger partial charge in [-0.3, -0.25) is 9.58 Å². The maximum atomic E-state index is 10.7. The highest BCUT2D eigenvalue weighted by atomic mass is 16.5. The van der Waals surface area contributed by atoms with Crippen molar-refractivity contribution in [3.63, 3.8) is 0 Å². The van der Waals surface area contributed by atoms with E-state index in [0.717, 1.165) is 50.7 Å². The van der Waals surface area contributed by atoms with Crippen molar-refractivity contribution >= 4 is 5.96 Å². The van der Waals surface area contributed by atoms with Gasteiger partial charge < -0.3 is 20.5 Å². The van der Waals surface area contributed by atoms with Crippen LogP contribution in [0.2, 0.25) is 0 Å². The van der Waals surface area contributed by atoms with E-state index < -0.39 is 5.60 Å². The van der Waals surface area contributed by atoms with Gasteiger partial charge in [0.25, 0.3) is 0 Å². The van der Waals surface area contributed by atoms with Gasteiger partial charge in [-0.2, -0.15) is 5.10 Å². The van der Waals surface area contributed by atoms with Gasteiger partial charge in [0.05, 0.1) is 24.9 Å². The highest BCUT2D eigenvalue weighted by Crippen LogP contribution is 2.19. The van der Waals surface area contributed by atoms with Crippen molar-refractivity contribution in [2.45, 2.75) is 51.9 Å². The van der Waals surface area contributed by atoms with Crippen molar-refractivity contribution in [1.29, 1.82) is 0 Å². The maximum Gasteiger partial charge on any atom is 0.191 e. The summed E-state index contributed by atoms with van der Waals surface area (Å²) >= 11 is 0. The van der Waals surface area contributed by atoms with Gasteiger partial charge in [-0.1, -0.05) is 0 Å². The molecular weight excluding hydrogens is 344 g/mol. The first kappa shape index (κ1) is 21.7. The van der Waals surface area contributed by atoms with Crippen molar-refractivity contribution in [1.82, 2.24) is 25.3 Å². The summed E-state index contributed by atoms with van der Waals surface area (Å²) in [6.07, 6.45) is 5.13. The minimum Gasteiger partial charge on any atom is -0.383 e. The summed E-state index contributed by atoms with van der Waals surface area (Å²) in [5.74, 6) is 0.727. The van der Waals surface area contributed by atoms with Crippen LogP contribution in [-0.4, -0.2) is 77.2 Å². The monoisotopic (exact) mass is 380 g/mol. The number of aliphatic hydroxyl groups is 1. The summed E-state index contributed by atoms with van der Waals surface area (Å²) in [4.78, 5) is 7.01. The van der Waals surface area contributed by atoms with E-state index in [4.69, 9.17) is 4.74 Å². The fourth-order valence-corrected chi connectivity index (χ4v) is 3.34. The second kappa shape index (κ2) is 10.1. The summed E-state index contributed by atoms with van der Waals surface area (Å²) in [7, 11) is 1.84. The van der Waals surface area contributed by atoms with Gasteiger partial charge in [0.2, 0.25) is 0 Å². The van der Waals surface area contributed by atoms with Gasteiger partial charge in [0, 0.05) is 51.5 Å². The van der Waals surface area contributed by atoms with Crippen molar-refractivity contribution in [2.24, 2.45) is 12.0 Å². The fraction of sp³-hybridized carbons (Fsp3) is 0.789. The number of ether oxygens (including phenoxy) is 1. The second-order valence-corrected chi connectivity index (χ2v) is 7.67. The average Bonchev–Trinajstić information content (AvgIpc) is 3.03. The lowest BCUT2D eigenvalue weighted by atomic mass is 10.0. The minimum atomic E-state index is -1.04. The Morgan fingerprint density at radius 1 is 1.37 bits per heavy atom. The molecule has 8 nitrogen and oxygen atoms in total. The van der Waals surface area contributed by atoms with Crippen LogP contribution in [0.5, 0.6) is 0 Å². The number of hydrogen-bond acceptors (Lipinski definition) is 5. The largest absolute Gasteiger partial charge is 0.383 e. The summed E-state index contributed by atoms with van der Waals surface area (Å²) in [5, 5.41) is 21.4. The van der Waals surface area contributed by atoms with Crippen LogP contribution in [0.4, 0.5) is 0 Å². The first-order chi connectivity index (χ1) is 12.8. The zero-order valence-electron chi connectivity index (χ0n) is 17.4. The van der Waals surface area contributed by atoms with Crippen LogP contribution in [-0.2, 0) is 17.4 Å². The molecule has 3 unspecified atom stereocenters. The van der Waals surface area contributed by atoms with Crippen LogP contribution in [0.3, 0.4) is 0 Å². The van der Waals surface area contributed by atoms with E-state index in [-0.39, 0.29) is 6.54 Å². The van der Waals surface area contributed by atoms with E-state index in [0.29, 0.717) is 12.2 Å². The number of rotatable bonds is 8. The van der Waals surface area contributed by atoms with Crippen LogP contribution in [0.1, 0.15) is 39.7 Å². The molecule has 1 aromatic rings. The van der Waals surface area contributed by atoms with E-state index in [1.54, 1.807) is 17.8 Å². The number of aliphatic imine (C=N–C) groups is 1. The first-order valence-corrected chi connectivity index (χ1v) is 9.91. The molecule has 1 aliphatic heterocycles. The molecule has 0 bridgehead atoms. The topological polar surface area (TPSA) is 86.9 Å². The minimum absolute atomic E-state index is 0.270. The van der Waals surface area contributed by atoms with Gasteiger partial charge >= 0.3 is 0 Å². The van der Waals surface area contributed by atoms with Crippen LogP contribution < -0.4 is 10.6 Å². The third-order valence-corrected chi connectivity index (χ3v) is 4.65. The number of aromatic nitrogens is 2. The zero-order chi connectivity index (χ0) is 19.9. The molecule has 3 atom stereocenters. The number of guanidine groups is 1. The number of hydrogen-bond donors (Lipinski definition) is 3. The molecule has 1 aromatic heterocycles. The Morgan fingerprint density at radius 3 is 2.67 bits per heavy atom. The Hall–Kier alpha value is -1.64. The van der Waals surface area contributed by atoms with Crippen LogP contribution in [0.15, 0.2) is 17.4 Å². The lowest BCUT2D eigenvalue weighted by Crippen LogP contribution is -2.46. The van der Waals surface area contributed by atoms with E-state index in [1.807, 2.05) is 20.2 Å². The maximum absolute atomic E-state index is 10.7. The molecule has 0 saturated carbocycles. The van der Waals surface area contributed by atoms with E-state index in [2.05, 4.69) is 39.5 Å². The van der Waals surface area contributed by atoms with Crippen LogP contribution in [0.25, 0.3) is 0 Å². The SMILES string of the molecule is CCNC(=NCC(C)(O)c1cnn(C)c1)NCCCN1CC(C)OC(C)C1. The summed E-state index contributed by atoms with van der Waals surface area (Å²) in [5.41, 5.74) is -0.281. The molecule has 0 spiro atoms. The molecule has 1 aliphatic rings. The molecule has 27 heavy (non-hydrogen) atoms. The Balaban J connectivity index is 1.79. The molecule has 2 rings (SSSR count). The summed E-state index contributed by atoms with van der Waals surface area (Å²) in [6.45, 7) is 13.0. The van der Waals surface area contributed by atoms with Crippen molar-refractivity contribution in [2.75, 3.05) is 39.3 Å². The lowest BCUT2D eigenvalue weighted by Gasteiger charge is -2.35. The molecule has 154 valence electrons. The van der Waals surface area contributed by atoms with E-state index in [9.17, 15) is 5.11 Å². The third kappa shape index (κ3) is 7.12. The normalized spacial score (nSPS) is 23.9. The molecule has 0 aliphatic carbocycles. The summed E-state index contributed by atoms with van der Waals surface area (Å²) in [6, 6.07) is 0. The van der Waals surface area contributed by atoms with Crippen LogP contribution in [0, 0.1) is 0 Å². The highest BCUT2D eigenvalue weighted by Gasteiger charge is 2.25. The van der Waals surface area contributed by atoms with Gasteiger partial charge in [-0.15, -0.1) is 0 Å². The van der Waals surface area contributed by atoms with Gasteiger partial charge in [-0.05, 0) is 34.1 Å². The number of nitrogens with zero attached hydrogens (tertiary/aromatic N) is 4. The Bertz CT molecular complexity index is 591. The van der Waals surface area contributed by atoms with E-state index >= 15 is 0 Å². The average molecular weight is 381 g/mol. The fourth-order valence-electron chi connectivity index (χ4n) is 3.34. The van der Waals surface area contributed by atoms with Crippen molar-refractivity contribution in [3.05, 3.63) is 18.0 Å². The Morgan fingerprint density at radius 2 is 2.07 bits per heavy atom. The van der Waals surface area contributed by atoms with E-state index in [1.165, 1.54) is 0 Å². The zero-order valence-corrected chi connectivity index (χ0v) is 17.4. The van der Waals surface area contributed by atoms with Gasteiger partial charge in [-0.25, -0.2) is 4.99 Å². The standard InChI is InChI=1S/C19H36N6O2/c1-6-20-18(22-14-19(4,26)17-10-23-24(5)13-17)21-8-7-9-25-11-15(2)27-16(3)12-25/h10,13,15-16,26H,6-9,11-12,14H2,1-5H3,(H2,20,21,22). The van der Waals surface area contributed by atoms with Crippen molar-refractivity contribution in [3.8, 4) is 0 Å². The van der Waals surface area contributed by atoms with Crippen LogP contribution >= 0.6 is 0 Å². The van der Waals surface area contributed by atoms with Gasteiger partial charge in [0.15, 0.2) is 5.96 Å². The molecule has 0 amide bonds. The molecule has 0 aromatic carbocycles. The molecule has 1 saturated heterocycles. The lowest BCUT2D eigenvalue weighted by molar-refractivity contribution is -0.0679. The second-order valence-electron chi connectivity index (χ2n) is 7.67. The predicted molar refractivity (Wildman–Crippen MR) is 108 cm³/mol. The first-order valence-electron chi connectivity index (χ1n) is 9.91. The Kier molecular flexibility index (Phi) is 8.07. The molecule has 1 fully saturated rings. The molecule has 8 heteroatoms. The number of aryl methyl sites for hydroxylation is 1.